The van der Waals surface area contributed by atoms with Crippen LogP contribution in [0.15, 0.2) is 42.9 Å². The average molecular weight is 336 g/mol. The minimum absolute atomic E-state index is 0.0791. The fourth-order valence-corrected chi connectivity index (χ4v) is 3.21. The van der Waals surface area contributed by atoms with E-state index in [1.807, 2.05) is 30.5 Å². The predicted octanol–water partition coefficient (Wildman–Crippen LogP) is 1.76. The second kappa shape index (κ2) is 6.51. The first-order valence-corrected chi connectivity index (χ1v) is 8.45. The molecule has 1 unspecified atom stereocenters. The van der Waals surface area contributed by atoms with Crippen LogP contribution in [0.4, 0.5) is 5.82 Å². The van der Waals surface area contributed by atoms with Crippen molar-refractivity contribution in [2.24, 2.45) is 7.05 Å². The lowest BCUT2D eigenvalue weighted by Gasteiger charge is -2.33. The van der Waals surface area contributed by atoms with Gasteiger partial charge in [0.05, 0.1) is 29.0 Å². The molecule has 1 atom stereocenters. The molecule has 1 amide bonds. The third-order valence-electron chi connectivity index (χ3n) is 4.48. The molecular weight excluding hydrogens is 316 g/mol. The lowest BCUT2D eigenvalue weighted by atomic mass is 10.1. The molecule has 1 N–H and O–H groups in total. The molecule has 0 saturated carbocycles. The van der Waals surface area contributed by atoms with Gasteiger partial charge < -0.3 is 10.2 Å². The van der Waals surface area contributed by atoms with Gasteiger partial charge in [-0.1, -0.05) is 12.1 Å². The molecule has 0 radical (unpaired) electrons. The second-order valence-electron chi connectivity index (χ2n) is 6.38. The fourth-order valence-electron chi connectivity index (χ4n) is 3.21. The molecule has 1 aliphatic heterocycles. The Kier molecular flexibility index (Phi) is 4.05. The molecule has 0 spiro atoms. The van der Waals surface area contributed by atoms with Gasteiger partial charge in [0.2, 0.25) is 0 Å². The van der Waals surface area contributed by atoms with E-state index < -0.39 is 0 Å². The van der Waals surface area contributed by atoms with Crippen molar-refractivity contribution in [3.05, 3.63) is 48.4 Å². The van der Waals surface area contributed by atoms with E-state index in [2.05, 4.69) is 20.3 Å². The van der Waals surface area contributed by atoms with E-state index in [-0.39, 0.29) is 11.9 Å². The van der Waals surface area contributed by atoms with Gasteiger partial charge in [0.25, 0.3) is 5.91 Å². The van der Waals surface area contributed by atoms with E-state index in [0.29, 0.717) is 5.56 Å². The Hall–Kier alpha value is -2.96. The number of nitrogens with one attached hydrogen (secondary N) is 1. The van der Waals surface area contributed by atoms with E-state index in [4.69, 9.17) is 4.98 Å². The maximum Gasteiger partial charge on any atom is 0.254 e. The minimum atomic E-state index is -0.0791. The Morgan fingerprint density at radius 1 is 1.24 bits per heavy atom. The number of carbonyl (C=O) groups is 1. The molecule has 1 fully saturated rings. The summed E-state index contributed by atoms with van der Waals surface area (Å²) < 4.78 is 1.63. The third-order valence-corrected chi connectivity index (χ3v) is 4.48. The molecule has 0 bridgehead atoms. The van der Waals surface area contributed by atoms with E-state index >= 15 is 0 Å². The van der Waals surface area contributed by atoms with Crippen LogP contribution in [-0.2, 0) is 7.05 Å². The summed E-state index contributed by atoms with van der Waals surface area (Å²) in [7, 11) is 1.80. The number of amides is 1. The first-order chi connectivity index (χ1) is 12.2. The summed E-state index contributed by atoms with van der Waals surface area (Å²) in [4.78, 5) is 23.7. The standard InChI is InChI=1S/C18H20N6O/c1-23-11-13(9-20-23)18(25)21-14-5-4-8-24(12-14)17-10-19-15-6-2-3-7-16(15)22-17/h2-3,6-7,9-11,14H,4-5,8,12H2,1H3,(H,21,25). The molecule has 7 heteroatoms. The Bertz CT molecular complexity index is 905. The van der Waals surface area contributed by atoms with Crippen LogP contribution in [-0.4, -0.2) is 44.8 Å². The van der Waals surface area contributed by atoms with Crippen molar-refractivity contribution in [1.29, 1.82) is 0 Å². The molecule has 1 aromatic carbocycles. The van der Waals surface area contributed by atoms with Gasteiger partial charge in [0, 0.05) is 32.4 Å². The smallest absolute Gasteiger partial charge is 0.254 e. The first kappa shape index (κ1) is 15.6. The molecule has 7 nitrogen and oxygen atoms in total. The summed E-state index contributed by atoms with van der Waals surface area (Å²) in [6.45, 7) is 1.66. The molecule has 25 heavy (non-hydrogen) atoms. The van der Waals surface area contributed by atoms with E-state index in [9.17, 15) is 4.79 Å². The average Bonchev–Trinajstić information content (AvgIpc) is 3.08. The zero-order chi connectivity index (χ0) is 17.2. The van der Waals surface area contributed by atoms with Crippen LogP contribution >= 0.6 is 0 Å². The van der Waals surface area contributed by atoms with Crippen molar-refractivity contribution in [3.8, 4) is 0 Å². The molecule has 3 aromatic rings. The minimum Gasteiger partial charge on any atom is -0.353 e. The number of carbonyl (C=O) groups excluding carboxylic acids is 1. The lowest BCUT2D eigenvalue weighted by molar-refractivity contribution is 0.0933. The van der Waals surface area contributed by atoms with Gasteiger partial charge in [-0.15, -0.1) is 0 Å². The number of piperidine rings is 1. The van der Waals surface area contributed by atoms with Gasteiger partial charge in [-0.2, -0.15) is 5.10 Å². The van der Waals surface area contributed by atoms with Crippen molar-refractivity contribution in [2.75, 3.05) is 18.0 Å². The number of aromatic nitrogens is 4. The highest BCUT2D eigenvalue weighted by Gasteiger charge is 2.23. The maximum absolute atomic E-state index is 12.3. The van der Waals surface area contributed by atoms with E-state index in [0.717, 1.165) is 42.8 Å². The van der Waals surface area contributed by atoms with Gasteiger partial charge >= 0.3 is 0 Å². The number of benzene rings is 1. The molecule has 4 rings (SSSR count). The highest BCUT2D eigenvalue weighted by atomic mass is 16.1. The number of aryl methyl sites for hydroxylation is 1. The number of para-hydroxylation sites is 2. The Labute approximate surface area is 145 Å². The van der Waals surface area contributed by atoms with E-state index in [1.165, 1.54) is 0 Å². The Balaban J connectivity index is 1.47. The normalized spacial score (nSPS) is 17.6. The fraction of sp³-hybridized carbons (Fsp3) is 0.333. The number of hydrogen-bond donors (Lipinski definition) is 1. The van der Waals surface area contributed by atoms with Crippen molar-refractivity contribution in [2.45, 2.75) is 18.9 Å². The SMILES string of the molecule is Cn1cc(C(=O)NC2CCCN(c3cnc4ccccc4n3)C2)cn1. The van der Waals surface area contributed by atoms with Gasteiger partial charge in [-0.25, -0.2) is 4.98 Å². The summed E-state index contributed by atoms with van der Waals surface area (Å²) in [6, 6.07) is 7.95. The summed E-state index contributed by atoms with van der Waals surface area (Å²) in [6.07, 6.45) is 7.10. The van der Waals surface area contributed by atoms with Crippen LogP contribution in [0.3, 0.4) is 0 Å². The zero-order valence-corrected chi connectivity index (χ0v) is 14.1. The largest absolute Gasteiger partial charge is 0.353 e. The quantitative estimate of drug-likeness (QED) is 0.789. The van der Waals surface area contributed by atoms with Gasteiger partial charge in [0.15, 0.2) is 0 Å². The number of anilines is 1. The summed E-state index contributed by atoms with van der Waals surface area (Å²) in [5.74, 6) is 0.781. The van der Waals surface area contributed by atoms with Gasteiger partial charge in [-0.3, -0.25) is 14.5 Å². The predicted molar refractivity (Wildman–Crippen MR) is 95.4 cm³/mol. The Morgan fingerprint density at radius 3 is 2.88 bits per heavy atom. The molecule has 3 heterocycles. The number of rotatable bonds is 3. The summed E-state index contributed by atoms with van der Waals surface area (Å²) in [5.41, 5.74) is 2.37. The lowest BCUT2D eigenvalue weighted by Crippen LogP contribution is -2.48. The second-order valence-corrected chi connectivity index (χ2v) is 6.38. The monoisotopic (exact) mass is 336 g/mol. The Morgan fingerprint density at radius 2 is 2.08 bits per heavy atom. The van der Waals surface area contributed by atoms with Crippen LogP contribution in [0, 0.1) is 0 Å². The van der Waals surface area contributed by atoms with Crippen LogP contribution in [0.5, 0.6) is 0 Å². The van der Waals surface area contributed by atoms with Crippen LogP contribution < -0.4 is 10.2 Å². The molecular formula is C18H20N6O. The summed E-state index contributed by atoms with van der Waals surface area (Å²) in [5, 5.41) is 7.15. The van der Waals surface area contributed by atoms with Crippen molar-refractivity contribution in [3.63, 3.8) is 0 Å². The summed E-state index contributed by atoms with van der Waals surface area (Å²) >= 11 is 0. The maximum atomic E-state index is 12.3. The van der Waals surface area contributed by atoms with Crippen LogP contribution in [0.1, 0.15) is 23.2 Å². The molecule has 1 aliphatic rings. The highest BCUT2D eigenvalue weighted by Crippen LogP contribution is 2.20. The van der Waals surface area contributed by atoms with Gasteiger partial charge in [0.1, 0.15) is 5.82 Å². The number of nitrogens with zero attached hydrogens (tertiary/aromatic N) is 5. The van der Waals surface area contributed by atoms with Crippen molar-refractivity contribution < 1.29 is 4.79 Å². The van der Waals surface area contributed by atoms with Gasteiger partial charge in [-0.05, 0) is 25.0 Å². The molecule has 128 valence electrons. The topological polar surface area (TPSA) is 75.9 Å². The van der Waals surface area contributed by atoms with Crippen LogP contribution in [0.25, 0.3) is 11.0 Å². The molecule has 2 aromatic heterocycles. The van der Waals surface area contributed by atoms with E-state index in [1.54, 1.807) is 24.1 Å². The van der Waals surface area contributed by atoms with Crippen molar-refractivity contribution >= 4 is 22.8 Å². The van der Waals surface area contributed by atoms with Crippen molar-refractivity contribution in [1.82, 2.24) is 25.1 Å². The highest BCUT2D eigenvalue weighted by molar-refractivity contribution is 5.93. The number of fused-ring (bicyclic) bond motifs is 1. The number of hydrogen-bond acceptors (Lipinski definition) is 5. The van der Waals surface area contributed by atoms with Crippen LogP contribution in [0.2, 0.25) is 0 Å². The molecule has 1 saturated heterocycles. The first-order valence-electron chi connectivity index (χ1n) is 8.45. The molecule has 0 aliphatic carbocycles. The third kappa shape index (κ3) is 3.31. The zero-order valence-electron chi connectivity index (χ0n) is 14.1.